The van der Waals surface area contributed by atoms with Crippen LogP contribution >= 0.6 is 0 Å². The summed E-state index contributed by atoms with van der Waals surface area (Å²) in [6, 6.07) is 0. The Labute approximate surface area is 89.6 Å². The van der Waals surface area contributed by atoms with Crippen molar-refractivity contribution in [3.8, 4) is 0 Å². The second-order valence-electron chi connectivity index (χ2n) is 4.58. The second kappa shape index (κ2) is 7.24. The zero-order chi connectivity index (χ0) is 11.1. The number of rotatable bonds is 7. The molecule has 0 aromatic carbocycles. The molecule has 0 aliphatic rings. The van der Waals surface area contributed by atoms with Crippen LogP contribution in [0.2, 0.25) is 0 Å². The molecule has 86 valence electrons. The maximum Gasteiger partial charge on any atom is 0.0787 e. The van der Waals surface area contributed by atoms with Crippen molar-refractivity contribution in [3.63, 3.8) is 0 Å². The van der Waals surface area contributed by atoms with E-state index in [1.54, 1.807) is 0 Å². The van der Waals surface area contributed by atoms with Gasteiger partial charge in [0, 0.05) is 13.6 Å². The molecule has 0 N–H and O–H groups in total. The Kier molecular flexibility index (Phi) is 7.20. The minimum absolute atomic E-state index is 0.388. The lowest BCUT2D eigenvalue weighted by molar-refractivity contribution is -0.189. The van der Waals surface area contributed by atoms with Gasteiger partial charge >= 0.3 is 0 Å². The molecule has 14 heavy (non-hydrogen) atoms. The van der Waals surface area contributed by atoms with Crippen LogP contribution in [0.15, 0.2) is 0 Å². The van der Waals surface area contributed by atoms with Crippen molar-refractivity contribution in [1.82, 2.24) is 5.06 Å². The van der Waals surface area contributed by atoms with Crippen LogP contribution in [-0.2, 0) is 4.84 Å². The molecule has 2 nitrogen and oxygen atoms in total. The van der Waals surface area contributed by atoms with E-state index in [2.05, 4.69) is 34.6 Å². The molecule has 0 rings (SSSR count). The van der Waals surface area contributed by atoms with Crippen LogP contribution in [0, 0.1) is 11.8 Å². The molecule has 0 heterocycles. The molecule has 1 unspecified atom stereocenters. The zero-order valence-corrected chi connectivity index (χ0v) is 10.7. The van der Waals surface area contributed by atoms with E-state index < -0.39 is 0 Å². The summed E-state index contributed by atoms with van der Waals surface area (Å²) in [6.07, 6.45) is 2.58. The summed E-state index contributed by atoms with van der Waals surface area (Å²) in [5.74, 6) is 1.41. The van der Waals surface area contributed by atoms with Gasteiger partial charge in [-0.15, -0.1) is 0 Å². The lowest BCUT2D eigenvalue weighted by Crippen LogP contribution is -2.31. The van der Waals surface area contributed by atoms with Gasteiger partial charge in [0.05, 0.1) is 6.10 Å². The van der Waals surface area contributed by atoms with Crippen LogP contribution in [0.3, 0.4) is 0 Å². The summed E-state index contributed by atoms with van der Waals surface area (Å²) in [7, 11) is 2.04. The molecule has 0 saturated heterocycles. The van der Waals surface area contributed by atoms with Gasteiger partial charge < -0.3 is 0 Å². The Bertz CT molecular complexity index is 128. The molecule has 0 spiro atoms. The van der Waals surface area contributed by atoms with Gasteiger partial charge in [-0.1, -0.05) is 34.6 Å². The van der Waals surface area contributed by atoms with Crippen molar-refractivity contribution in [1.29, 1.82) is 0 Å². The lowest BCUT2D eigenvalue weighted by atomic mass is 9.98. The van der Waals surface area contributed by atoms with Crippen LogP contribution in [0.25, 0.3) is 0 Å². The minimum atomic E-state index is 0.388. The smallest absolute Gasteiger partial charge is 0.0787 e. The molecule has 0 amide bonds. The predicted octanol–water partition coefficient (Wildman–Crippen LogP) is 3.33. The van der Waals surface area contributed by atoms with Crippen LogP contribution < -0.4 is 0 Å². The fraction of sp³-hybridized carbons (Fsp3) is 1.00. The fourth-order valence-electron chi connectivity index (χ4n) is 1.35. The third-order valence-corrected chi connectivity index (χ3v) is 2.92. The molecule has 0 saturated carbocycles. The Hall–Kier alpha value is -0.0800. The summed E-state index contributed by atoms with van der Waals surface area (Å²) in [5.41, 5.74) is 0. The molecule has 0 aromatic heterocycles. The van der Waals surface area contributed by atoms with Gasteiger partial charge in [-0.05, 0) is 24.7 Å². The van der Waals surface area contributed by atoms with Crippen LogP contribution in [0.5, 0.6) is 0 Å². The highest BCUT2D eigenvalue weighted by molar-refractivity contribution is 4.59. The lowest BCUT2D eigenvalue weighted by Gasteiger charge is -2.26. The van der Waals surface area contributed by atoms with Gasteiger partial charge in [-0.25, -0.2) is 0 Å². The average Bonchev–Trinajstić information content (AvgIpc) is 2.13. The summed E-state index contributed by atoms with van der Waals surface area (Å²) in [6.45, 7) is 12.2. The fourth-order valence-corrected chi connectivity index (χ4v) is 1.35. The van der Waals surface area contributed by atoms with E-state index in [1.807, 2.05) is 12.1 Å². The van der Waals surface area contributed by atoms with Gasteiger partial charge in [-0.3, -0.25) is 4.84 Å². The first-order chi connectivity index (χ1) is 6.51. The first-order valence-electron chi connectivity index (χ1n) is 5.89. The van der Waals surface area contributed by atoms with Gasteiger partial charge in [0.15, 0.2) is 0 Å². The second-order valence-corrected chi connectivity index (χ2v) is 4.58. The summed E-state index contributed by atoms with van der Waals surface area (Å²) in [5, 5.41) is 2.00. The third-order valence-electron chi connectivity index (χ3n) is 2.92. The topological polar surface area (TPSA) is 12.5 Å². The molecule has 0 bridgehead atoms. The van der Waals surface area contributed by atoms with Crippen molar-refractivity contribution < 1.29 is 4.84 Å². The normalized spacial score (nSPS) is 14.4. The van der Waals surface area contributed by atoms with Gasteiger partial charge in [-0.2, -0.15) is 5.06 Å². The van der Waals surface area contributed by atoms with E-state index in [0.29, 0.717) is 12.0 Å². The molecule has 2 heteroatoms. The highest BCUT2D eigenvalue weighted by Crippen LogP contribution is 2.12. The first kappa shape index (κ1) is 13.9. The molecule has 0 aliphatic carbocycles. The molecule has 1 atom stereocenters. The van der Waals surface area contributed by atoms with Crippen molar-refractivity contribution in [2.45, 2.75) is 53.6 Å². The van der Waals surface area contributed by atoms with Crippen LogP contribution in [-0.4, -0.2) is 24.8 Å². The zero-order valence-electron chi connectivity index (χ0n) is 10.7. The Balaban J connectivity index is 3.78. The maximum atomic E-state index is 5.80. The Morgan fingerprint density at radius 1 is 1.07 bits per heavy atom. The van der Waals surface area contributed by atoms with Crippen molar-refractivity contribution >= 4 is 0 Å². The van der Waals surface area contributed by atoms with Crippen molar-refractivity contribution in [2.75, 3.05) is 13.6 Å². The highest BCUT2D eigenvalue weighted by atomic mass is 16.7. The number of hydrogen-bond donors (Lipinski definition) is 0. The average molecular weight is 201 g/mol. The molecule has 0 radical (unpaired) electrons. The Morgan fingerprint density at radius 2 is 1.57 bits per heavy atom. The van der Waals surface area contributed by atoms with E-state index >= 15 is 0 Å². The predicted molar refractivity (Wildman–Crippen MR) is 62.1 cm³/mol. The van der Waals surface area contributed by atoms with Gasteiger partial charge in [0.2, 0.25) is 0 Å². The monoisotopic (exact) mass is 201 g/mol. The van der Waals surface area contributed by atoms with Crippen LogP contribution in [0.1, 0.15) is 47.5 Å². The SMILES string of the molecule is CCC(CC)ON(C)CC(C)C(C)C. The largest absolute Gasteiger partial charge is 0.296 e. The first-order valence-corrected chi connectivity index (χ1v) is 5.89. The standard InChI is InChI=1S/C12H27NO/c1-7-12(8-2)14-13(6)9-11(5)10(3)4/h10-12H,7-9H2,1-6H3. The molecule has 0 fully saturated rings. The Morgan fingerprint density at radius 3 is 1.93 bits per heavy atom. The minimum Gasteiger partial charge on any atom is -0.296 e. The molecular weight excluding hydrogens is 174 g/mol. The van der Waals surface area contributed by atoms with E-state index in [9.17, 15) is 0 Å². The highest BCUT2D eigenvalue weighted by Gasteiger charge is 2.13. The van der Waals surface area contributed by atoms with E-state index in [4.69, 9.17) is 4.84 Å². The molecule has 0 aliphatic heterocycles. The van der Waals surface area contributed by atoms with Crippen molar-refractivity contribution in [3.05, 3.63) is 0 Å². The third kappa shape index (κ3) is 5.61. The van der Waals surface area contributed by atoms with Crippen LogP contribution in [0.4, 0.5) is 0 Å². The van der Waals surface area contributed by atoms with Gasteiger partial charge in [0.1, 0.15) is 0 Å². The van der Waals surface area contributed by atoms with E-state index in [0.717, 1.165) is 25.3 Å². The van der Waals surface area contributed by atoms with Gasteiger partial charge in [0.25, 0.3) is 0 Å². The van der Waals surface area contributed by atoms with E-state index in [-0.39, 0.29) is 0 Å². The van der Waals surface area contributed by atoms with E-state index in [1.165, 1.54) is 0 Å². The maximum absolute atomic E-state index is 5.80. The molecule has 0 aromatic rings. The quantitative estimate of drug-likeness (QED) is 0.586. The number of hydroxylamine groups is 2. The number of hydrogen-bond acceptors (Lipinski definition) is 2. The van der Waals surface area contributed by atoms with Crippen molar-refractivity contribution in [2.24, 2.45) is 11.8 Å². The summed E-state index contributed by atoms with van der Waals surface area (Å²) < 4.78 is 0. The molecular formula is C12H27NO. The number of nitrogens with zero attached hydrogens (tertiary/aromatic N) is 1. The summed E-state index contributed by atoms with van der Waals surface area (Å²) >= 11 is 0. The summed E-state index contributed by atoms with van der Waals surface area (Å²) in [4.78, 5) is 5.80.